The van der Waals surface area contributed by atoms with Crippen LogP contribution in [0.1, 0.15) is 48.8 Å². The van der Waals surface area contributed by atoms with Crippen molar-refractivity contribution >= 4 is 23.0 Å². The van der Waals surface area contributed by atoms with Gasteiger partial charge in [0.05, 0.1) is 18.5 Å². The summed E-state index contributed by atoms with van der Waals surface area (Å²) in [6.07, 6.45) is 7.36. The Bertz CT molecular complexity index is 921. The van der Waals surface area contributed by atoms with Gasteiger partial charge in [-0.3, -0.25) is 4.29 Å². The van der Waals surface area contributed by atoms with Gasteiger partial charge in [0.25, 0.3) is 0 Å². The normalized spacial score (nSPS) is 17.4. The molecule has 0 spiro atoms. The van der Waals surface area contributed by atoms with E-state index in [0.29, 0.717) is 12.5 Å². The summed E-state index contributed by atoms with van der Waals surface area (Å²) in [5.41, 5.74) is 9.52. The third kappa shape index (κ3) is 4.72. The molecule has 29 heavy (non-hydrogen) atoms. The number of allylic oxidation sites excluding steroid dienone is 6. The van der Waals surface area contributed by atoms with E-state index in [9.17, 15) is 0 Å². The van der Waals surface area contributed by atoms with Gasteiger partial charge in [-0.25, -0.2) is 0 Å². The fraction of sp³-hybridized carbons (Fsp3) is 0.308. The third-order valence-corrected chi connectivity index (χ3v) is 6.04. The molecular weight excluding hydrogens is 378 g/mol. The zero-order valence-electron chi connectivity index (χ0n) is 17.0. The van der Waals surface area contributed by atoms with Crippen molar-refractivity contribution < 1.29 is 4.29 Å². The van der Waals surface area contributed by atoms with Gasteiger partial charge in [0.1, 0.15) is 0 Å². The quantitative estimate of drug-likeness (QED) is 0.399. The van der Waals surface area contributed by atoms with Crippen LogP contribution >= 0.6 is 11.9 Å². The number of hydrogen-bond acceptors (Lipinski definition) is 2. The Labute approximate surface area is 179 Å². The Morgan fingerprint density at radius 3 is 2.34 bits per heavy atom. The minimum Gasteiger partial charge on any atom is -0.315 e. The van der Waals surface area contributed by atoms with Crippen molar-refractivity contribution in [2.45, 2.75) is 32.1 Å². The van der Waals surface area contributed by atoms with Crippen LogP contribution in [-0.4, -0.2) is 19.7 Å². The van der Waals surface area contributed by atoms with Gasteiger partial charge >= 0.3 is 0 Å². The first-order valence-corrected chi connectivity index (χ1v) is 10.8. The molecule has 0 aromatic heterocycles. The van der Waals surface area contributed by atoms with E-state index in [2.05, 4.69) is 79.0 Å². The Kier molecular flexibility index (Phi) is 6.66. The van der Waals surface area contributed by atoms with Crippen molar-refractivity contribution in [3.05, 3.63) is 94.6 Å². The molecule has 150 valence electrons. The first kappa shape index (κ1) is 20.2. The zero-order valence-corrected chi connectivity index (χ0v) is 17.7. The largest absolute Gasteiger partial charge is 0.315 e. The first-order valence-electron chi connectivity index (χ1n) is 10.5. The van der Waals surface area contributed by atoms with Gasteiger partial charge in [-0.05, 0) is 59.6 Å². The summed E-state index contributed by atoms with van der Waals surface area (Å²) in [5, 5.41) is 3.37. The number of benzene rings is 2. The van der Waals surface area contributed by atoms with Gasteiger partial charge in [-0.2, -0.15) is 0 Å². The minimum absolute atomic E-state index is 0.551. The molecule has 2 aromatic rings. The topological polar surface area (TPSA) is 21.3 Å². The fourth-order valence-electron chi connectivity index (χ4n) is 4.19. The Balaban J connectivity index is 1.78. The zero-order chi connectivity index (χ0) is 20.1. The Morgan fingerprint density at radius 2 is 1.76 bits per heavy atom. The van der Waals surface area contributed by atoms with Gasteiger partial charge in [-0.15, -0.1) is 0 Å². The molecular formula is C26H28ClNO. The predicted molar refractivity (Wildman–Crippen MR) is 123 cm³/mol. The summed E-state index contributed by atoms with van der Waals surface area (Å²) in [6, 6.07) is 19.9. The van der Waals surface area contributed by atoms with Crippen LogP contribution in [0.25, 0.3) is 11.1 Å². The molecule has 0 amide bonds. The standard InChI is InChI=1S/C26H28ClNO/c1-19-9-10-23(16-19)26(22-13-11-20(12-14-22)24-17-28-18-24)25(8-5-15-29-27)21-6-3-2-4-7-21/h2-4,6-7,9-14,24,28H,5,8,15-18H2,1H3/b26-25+. The summed E-state index contributed by atoms with van der Waals surface area (Å²) in [6.45, 7) is 4.93. The molecule has 2 aliphatic rings. The van der Waals surface area contributed by atoms with Crippen LogP contribution in [0.3, 0.4) is 0 Å². The lowest BCUT2D eigenvalue weighted by atomic mass is 9.85. The van der Waals surface area contributed by atoms with E-state index in [1.54, 1.807) is 0 Å². The molecule has 0 unspecified atom stereocenters. The molecule has 0 bridgehead atoms. The second kappa shape index (κ2) is 9.58. The van der Waals surface area contributed by atoms with Crippen LogP contribution in [0.15, 0.2) is 77.9 Å². The van der Waals surface area contributed by atoms with Crippen LogP contribution in [0, 0.1) is 0 Å². The van der Waals surface area contributed by atoms with Crippen molar-refractivity contribution in [3.63, 3.8) is 0 Å². The lowest BCUT2D eigenvalue weighted by molar-refractivity contribution is 0.346. The van der Waals surface area contributed by atoms with E-state index in [1.165, 1.54) is 39.0 Å². The van der Waals surface area contributed by atoms with Gasteiger partial charge in [0.15, 0.2) is 0 Å². The lowest BCUT2D eigenvalue weighted by Crippen LogP contribution is -2.39. The highest BCUT2D eigenvalue weighted by molar-refractivity contribution is 6.07. The molecule has 3 heteroatoms. The lowest BCUT2D eigenvalue weighted by Gasteiger charge is -2.28. The number of nitrogens with one attached hydrogen (secondary N) is 1. The van der Waals surface area contributed by atoms with Crippen molar-refractivity contribution in [3.8, 4) is 0 Å². The first-order chi connectivity index (χ1) is 14.3. The highest BCUT2D eigenvalue weighted by Gasteiger charge is 2.21. The monoisotopic (exact) mass is 405 g/mol. The molecule has 1 aliphatic heterocycles. The summed E-state index contributed by atoms with van der Waals surface area (Å²) < 4.78 is 4.84. The smallest absolute Gasteiger partial charge is 0.0685 e. The predicted octanol–water partition coefficient (Wildman–Crippen LogP) is 6.51. The maximum atomic E-state index is 5.50. The van der Waals surface area contributed by atoms with Gasteiger partial charge in [0.2, 0.25) is 0 Å². The Morgan fingerprint density at radius 1 is 1.00 bits per heavy atom. The van der Waals surface area contributed by atoms with Crippen molar-refractivity contribution in [2.24, 2.45) is 0 Å². The molecule has 2 aromatic carbocycles. The Hall–Kier alpha value is -2.13. The number of hydrogen-bond donors (Lipinski definition) is 1. The molecule has 0 atom stereocenters. The van der Waals surface area contributed by atoms with E-state index in [4.69, 9.17) is 16.2 Å². The average Bonchev–Trinajstić information content (AvgIpc) is 3.13. The van der Waals surface area contributed by atoms with E-state index < -0.39 is 0 Å². The van der Waals surface area contributed by atoms with Crippen molar-refractivity contribution in [1.29, 1.82) is 0 Å². The number of rotatable bonds is 8. The van der Waals surface area contributed by atoms with E-state index in [1.807, 2.05) is 0 Å². The average molecular weight is 406 g/mol. The SMILES string of the molecule is CC1=CC=C(/C(=C(\CCCOCl)c2ccccc2)c2ccc(C3CNC3)cc2)C1. The molecule has 1 heterocycles. The highest BCUT2D eigenvalue weighted by atomic mass is 35.5. The van der Waals surface area contributed by atoms with Crippen molar-refractivity contribution in [2.75, 3.05) is 19.7 Å². The molecule has 0 radical (unpaired) electrons. The maximum absolute atomic E-state index is 5.50. The van der Waals surface area contributed by atoms with Crippen LogP contribution in [0.5, 0.6) is 0 Å². The molecule has 1 N–H and O–H groups in total. The molecule has 1 saturated heterocycles. The maximum Gasteiger partial charge on any atom is 0.0685 e. The van der Waals surface area contributed by atoms with E-state index in [-0.39, 0.29) is 0 Å². The van der Waals surface area contributed by atoms with Crippen molar-refractivity contribution in [1.82, 2.24) is 5.32 Å². The molecule has 1 aliphatic carbocycles. The van der Waals surface area contributed by atoms with Crippen LogP contribution in [0.4, 0.5) is 0 Å². The summed E-state index contributed by atoms with van der Waals surface area (Å²) >= 11 is 5.50. The molecule has 1 fully saturated rings. The highest BCUT2D eigenvalue weighted by Crippen LogP contribution is 2.40. The minimum atomic E-state index is 0.551. The molecule has 2 nitrogen and oxygen atoms in total. The van der Waals surface area contributed by atoms with Gasteiger partial charge < -0.3 is 5.32 Å². The molecule has 4 rings (SSSR count). The summed E-state index contributed by atoms with van der Waals surface area (Å²) in [4.78, 5) is 0. The van der Waals surface area contributed by atoms with Gasteiger partial charge in [0, 0.05) is 19.0 Å². The summed E-state index contributed by atoms with van der Waals surface area (Å²) in [7, 11) is 0. The van der Waals surface area contributed by atoms with E-state index in [0.717, 1.165) is 32.4 Å². The van der Waals surface area contributed by atoms with Crippen LogP contribution < -0.4 is 5.32 Å². The van der Waals surface area contributed by atoms with Gasteiger partial charge in [-0.1, -0.05) is 72.3 Å². The fourth-order valence-corrected chi connectivity index (χ4v) is 4.30. The van der Waals surface area contributed by atoms with E-state index >= 15 is 0 Å². The summed E-state index contributed by atoms with van der Waals surface area (Å²) in [5.74, 6) is 0.653. The second-order valence-corrected chi connectivity index (χ2v) is 8.21. The number of halogens is 1. The third-order valence-electron chi connectivity index (χ3n) is 5.88. The van der Waals surface area contributed by atoms with Crippen LogP contribution in [-0.2, 0) is 4.29 Å². The molecule has 0 saturated carbocycles. The second-order valence-electron chi connectivity index (χ2n) is 8.00. The van der Waals surface area contributed by atoms with Crippen LogP contribution in [0.2, 0.25) is 0 Å².